The average Bonchev–Trinajstić information content (AvgIpc) is 2.88. The van der Waals surface area contributed by atoms with Gasteiger partial charge in [-0.2, -0.15) is 0 Å². The van der Waals surface area contributed by atoms with E-state index in [-0.39, 0.29) is 0 Å². The molecule has 1 aromatic carbocycles. The number of aryl methyl sites for hydroxylation is 1. The zero-order valence-electron chi connectivity index (χ0n) is 12.9. The summed E-state index contributed by atoms with van der Waals surface area (Å²) in [4.78, 5) is 0. The standard InChI is InChI=1S/C18H23N3O/c1-2-4-14(5-3-1)15-6-7-17-19-20-18(21(17)11-8-15)16-9-12-22-13-10-16/h1-5,15-16H,6-13H2. The Bertz CT molecular complexity index is 617. The van der Waals surface area contributed by atoms with Gasteiger partial charge in [0.25, 0.3) is 0 Å². The molecule has 4 rings (SSSR count). The van der Waals surface area contributed by atoms with Crippen molar-refractivity contribution in [3.05, 3.63) is 47.5 Å². The molecule has 2 aliphatic heterocycles. The second-order valence-electron chi connectivity index (χ2n) is 6.45. The Morgan fingerprint density at radius 2 is 1.73 bits per heavy atom. The number of rotatable bonds is 2. The molecular weight excluding hydrogens is 274 g/mol. The first-order valence-electron chi connectivity index (χ1n) is 8.46. The van der Waals surface area contributed by atoms with E-state index in [1.54, 1.807) is 0 Å². The highest BCUT2D eigenvalue weighted by Gasteiger charge is 2.26. The lowest BCUT2D eigenvalue weighted by Crippen LogP contribution is -2.18. The van der Waals surface area contributed by atoms with Crippen molar-refractivity contribution in [3.63, 3.8) is 0 Å². The third kappa shape index (κ3) is 2.68. The van der Waals surface area contributed by atoms with Crippen molar-refractivity contribution in [2.45, 2.75) is 50.5 Å². The maximum absolute atomic E-state index is 5.48. The first-order valence-corrected chi connectivity index (χ1v) is 8.46. The zero-order valence-corrected chi connectivity index (χ0v) is 12.9. The van der Waals surface area contributed by atoms with E-state index in [4.69, 9.17) is 4.74 Å². The number of fused-ring (bicyclic) bond motifs is 1. The lowest BCUT2D eigenvalue weighted by Gasteiger charge is -2.22. The second kappa shape index (κ2) is 6.21. The molecule has 0 aliphatic carbocycles. The van der Waals surface area contributed by atoms with Crippen molar-refractivity contribution < 1.29 is 4.74 Å². The minimum absolute atomic E-state index is 0.531. The van der Waals surface area contributed by atoms with Crippen LogP contribution in [0.25, 0.3) is 0 Å². The normalized spacial score (nSPS) is 23.0. The molecule has 1 fully saturated rings. The molecule has 0 saturated carbocycles. The third-order valence-electron chi connectivity index (χ3n) is 5.13. The van der Waals surface area contributed by atoms with Gasteiger partial charge in [-0.1, -0.05) is 30.3 Å². The Morgan fingerprint density at radius 3 is 2.55 bits per heavy atom. The van der Waals surface area contributed by atoms with Gasteiger partial charge in [-0.05, 0) is 37.2 Å². The first-order chi connectivity index (χ1) is 10.9. The topological polar surface area (TPSA) is 39.9 Å². The lowest BCUT2D eigenvalue weighted by atomic mass is 9.92. The van der Waals surface area contributed by atoms with Gasteiger partial charge in [0.15, 0.2) is 0 Å². The number of ether oxygens (including phenoxy) is 1. The van der Waals surface area contributed by atoms with Crippen LogP contribution in [-0.2, 0) is 17.7 Å². The van der Waals surface area contributed by atoms with Gasteiger partial charge in [0, 0.05) is 32.1 Å². The number of aromatic nitrogens is 3. The maximum atomic E-state index is 5.48. The van der Waals surface area contributed by atoms with Gasteiger partial charge in [0.1, 0.15) is 11.6 Å². The van der Waals surface area contributed by atoms with Crippen LogP contribution in [0.1, 0.15) is 54.7 Å². The van der Waals surface area contributed by atoms with Gasteiger partial charge < -0.3 is 9.30 Å². The molecule has 4 heteroatoms. The maximum Gasteiger partial charge on any atom is 0.136 e. The van der Waals surface area contributed by atoms with E-state index in [1.807, 2.05) is 0 Å². The van der Waals surface area contributed by atoms with Crippen LogP contribution in [-0.4, -0.2) is 28.0 Å². The average molecular weight is 297 g/mol. The van der Waals surface area contributed by atoms with Crippen LogP contribution in [0.4, 0.5) is 0 Å². The minimum Gasteiger partial charge on any atom is -0.381 e. The van der Waals surface area contributed by atoms with Gasteiger partial charge >= 0.3 is 0 Å². The molecule has 0 spiro atoms. The third-order valence-corrected chi connectivity index (χ3v) is 5.13. The van der Waals surface area contributed by atoms with Gasteiger partial charge in [-0.25, -0.2) is 0 Å². The predicted molar refractivity (Wildman–Crippen MR) is 84.9 cm³/mol. The van der Waals surface area contributed by atoms with Crippen LogP contribution in [0.5, 0.6) is 0 Å². The van der Waals surface area contributed by atoms with Crippen LogP contribution in [0.15, 0.2) is 30.3 Å². The van der Waals surface area contributed by atoms with Crippen LogP contribution in [0.2, 0.25) is 0 Å². The Kier molecular flexibility index (Phi) is 3.94. The summed E-state index contributed by atoms with van der Waals surface area (Å²) >= 11 is 0. The number of hydrogen-bond donors (Lipinski definition) is 0. The zero-order chi connectivity index (χ0) is 14.8. The fourth-order valence-corrected chi connectivity index (χ4v) is 3.83. The number of benzene rings is 1. The fourth-order valence-electron chi connectivity index (χ4n) is 3.83. The molecule has 116 valence electrons. The van der Waals surface area contributed by atoms with Gasteiger partial charge in [-0.3, -0.25) is 0 Å². The van der Waals surface area contributed by atoms with Crippen LogP contribution < -0.4 is 0 Å². The van der Waals surface area contributed by atoms with Crippen molar-refractivity contribution in [1.82, 2.24) is 14.8 Å². The van der Waals surface area contributed by atoms with Crippen molar-refractivity contribution in [2.75, 3.05) is 13.2 Å². The summed E-state index contributed by atoms with van der Waals surface area (Å²) in [5.74, 6) is 3.56. The monoisotopic (exact) mass is 297 g/mol. The molecule has 1 atom stereocenters. The summed E-state index contributed by atoms with van der Waals surface area (Å²) in [6.07, 6.45) is 5.57. The van der Waals surface area contributed by atoms with E-state index in [9.17, 15) is 0 Å². The molecule has 1 unspecified atom stereocenters. The van der Waals surface area contributed by atoms with E-state index >= 15 is 0 Å². The van der Waals surface area contributed by atoms with Crippen molar-refractivity contribution in [3.8, 4) is 0 Å². The minimum atomic E-state index is 0.531. The molecule has 1 saturated heterocycles. The highest BCUT2D eigenvalue weighted by atomic mass is 16.5. The molecule has 3 heterocycles. The predicted octanol–water partition coefficient (Wildman–Crippen LogP) is 3.29. The van der Waals surface area contributed by atoms with Gasteiger partial charge in [-0.15, -0.1) is 10.2 Å². The first kappa shape index (κ1) is 13.9. The molecule has 0 bridgehead atoms. The van der Waals surface area contributed by atoms with Crippen molar-refractivity contribution >= 4 is 0 Å². The molecule has 22 heavy (non-hydrogen) atoms. The summed E-state index contributed by atoms with van der Waals surface area (Å²) in [5, 5.41) is 9.01. The van der Waals surface area contributed by atoms with Crippen molar-refractivity contribution in [2.24, 2.45) is 0 Å². The fraction of sp³-hybridized carbons (Fsp3) is 0.556. The Morgan fingerprint density at radius 1 is 0.909 bits per heavy atom. The molecule has 0 N–H and O–H groups in total. The molecule has 2 aliphatic rings. The van der Waals surface area contributed by atoms with Gasteiger partial charge in [0.05, 0.1) is 0 Å². The second-order valence-corrected chi connectivity index (χ2v) is 6.45. The quantitative estimate of drug-likeness (QED) is 0.854. The van der Waals surface area contributed by atoms with E-state index in [0.29, 0.717) is 11.8 Å². The van der Waals surface area contributed by atoms with Crippen LogP contribution >= 0.6 is 0 Å². The lowest BCUT2D eigenvalue weighted by molar-refractivity contribution is 0.0827. The van der Waals surface area contributed by atoms with E-state index < -0.39 is 0 Å². The Balaban J connectivity index is 1.54. The summed E-state index contributed by atoms with van der Waals surface area (Å²) < 4.78 is 7.89. The molecule has 2 aromatic rings. The summed E-state index contributed by atoms with van der Waals surface area (Å²) in [6, 6.07) is 10.9. The summed E-state index contributed by atoms with van der Waals surface area (Å²) in [6.45, 7) is 2.77. The Labute approximate surface area is 131 Å². The smallest absolute Gasteiger partial charge is 0.136 e. The Hall–Kier alpha value is -1.68. The highest BCUT2D eigenvalue weighted by Crippen LogP contribution is 2.32. The van der Waals surface area contributed by atoms with E-state index in [0.717, 1.165) is 39.0 Å². The van der Waals surface area contributed by atoms with Crippen molar-refractivity contribution in [1.29, 1.82) is 0 Å². The summed E-state index contributed by atoms with van der Waals surface area (Å²) in [5.41, 5.74) is 1.47. The van der Waals surface area contributed by atoms with Gasteiger partial charge in [0.2, 0.25) is 0 Å². The molecule has 0 radical (unpaired) electrons. The number of hydrogen-bond acceptors (Lipinski definition) is 3. The van der Waals surface area contributed by atoms with E-state index in [1.165, 1.54) is 30.1 Å². The SMILES string of the molecule is c1ccc(C2CCc3nnc(C4CCOCC4)n3CC2)cc1. The molecular formula is C18H23N3O. The number of nitrogens with zero attached hydrogens (tertiary/aromatic N) is 3. The van der Waals surface area contributed by atoms with Crippen LogP contribution in [0.3, 0.4) is 0 Å². The largest absolute Gasteiger partial charge is 0.381 e. The molecule has 0 amide bonds. The summed E-state index contributed by atoms with van der Waals surface area (Å²) in [7, 11) is 0. The van der Waals surface area contributed by atoms with E-state index in [2.05, 4.69) is 45.1 Å². The molecule has 4 nitrogen and oxygen atoms in total. The highest BCUT2D eigenvalue weighted by molar-refractivity contribution is 5.20. The van der Waals surface area contributed by atoms with Crippen LogP contribution in [0, 0.1) is 0 Å². The molecule has 1 aromatic heterocycles.